The number of nitrogens with one attached hydrogen (secondary N) is 1. The summed E-state index contributed by atoms with van der Waals surface area (Å²) >= 11 is 0. The second kappa shape index (κ2) is 15.1. The molecule has 9 aliphatic rings. The second-order valence-electron chi connectivity index (χ2n) is 20.0. The summed E-state index contributed by atoms with van der Waals surface area (Å²) in [6.45, 7) is 3.08. The quantitative estimate of drug-likeness (QED) is 0.150. The maximum absolute atomic E-state index is 3.65. The Morgan fingerprint density at radius 1 is 0.533 bits per heavy atom. The van der Waals surface area contributed by atoms with Crippen molar-refractivity contribution in [3.8, 4) is 0 Å². The molecule has 5 aromatic carbocycles. The molecule has 0 radical (unpaired) electrons. The first-order chi connectivity index (χ1) is 29.6. The van der Waals surface area contributed by atoms with Crippen molar-refractivity contribution in [2.75, 3.05) is 16.8 Å². The van der Waals surface area contributed by atoms with Gasteiger partial charge in [0.25, 0.3) is 0 Å². The highest BCUT2D eigenvalue weighted by molar-refractivity contribution is 6.08. The molecule has 14 rings (SSSR count). The van der Waals surface area contributed by atoms with Gasteiger partial charge in [-0.3, -0.25) is 0 Å². The van der Waals surface area contributed by atoms with Gasteiger partial charge in [-0.05, 0) is 177 Å². The Bertz CT molecular complexity index is 2450. The Labute approximate surface area is 357 Å². The Morgan fingerprint density at radius 3 is 1.67 bits per heavy atom. The number of para-hydroxylation sites is 2. The molecule has 3 nitrogen and oxygen atoms in total. The standard InChI is InChI=1S/C57H59N3/c1-2-58-54-26-25-53(51-15-9-10-16-52(51)54)55(41-17-21-49(22-18-41)59(47-11-5-3-6-12-47)56-43-29-37-27-38(31-43)32-44(56)30-37)42-19-23-50(24-20-42)60(48-13-7-4-8-14-48)57-45-33-39-28-40(35-45)36-46(57)34-39/h3-26,37-40,43-46,56-57H,2,27-36H2,1H3/p+1. The fourth-order valence-electron chi connectivity index (χ4n) is 14.7. The van der Waals surface area contributed by atoms with Crippen molar-refractivity contribution >= 4 is 44.8 Å². The molecular formula is C57H60N3+. The van der Waals surface area contributed by atoms with Crippen LogP contribution in [0.4, 0.5) is 22.7 Å². The average molecular weight is 787 g/mol. The normalized spacial score (nSPS) is 30.6. The number of rotatable bonds is 9. The monoisotopic (exact) mass is 786 g/mol. The van der Waals surface area contributed by atoms with Gasteiger partial charge in [0.05, 0.1) is 0 Å². The molecule has 8 saturated carbocycles. The Kier molecular flexibility index (Phi) is 9.22. The smallest absolute Gasteiger partial charge is 0.205 e. The van der Waals surface area contributed by atoms with E-state index in [-0.39, 0.29) is 0 Å². The maximum atomic E-state index is 3.65. The van der Waals surface area contributed by atoms with Gasteiger partial charge in [0.2, 0.25) is 11.4 Å². The van der Waals surface area contributed by atoms with Crippen molar-refractivity contribution < 1.29 is 4.58 Å². The molecule has 1 N–H and O–H groups in total. The molecule has 8 bridgehead atoms. The molecule has 302 valence electrons. The van der Waals surface area contributed by atoms with Gasteiger partial charge < -0.3 is 10.2 Å². The predicted molar refractivity (Wildman–Crippen MR) is 250 cm³/mol. The third-order valence-electron chi connectivity index (χ3n) is 16.4. The van der Waals surface area contributed by atoms with Gasteiger partial charge in [0.15, 0.2) is 6.04 Å². The van der Waals surface area contributed by atoms with E-state index in [1.54, 1.807) is 0 Å². The molecule has 0 aromatic heterocycles. The van der Waals surface area contributed by atoms with Crippen LogP contribution in [0.1, 0.15) is 82.3 Å². The highest BCUT2D eigenvalue weighted by Crippen LogP contribution is 2.58. The highest BCUT2D eigenvalue weighted by atomic mass is 15.2. The van der Waals surface area contributed by atoms with E-state index in [2.05, 4.69) is 167 Å². The van der Waals surface area contributed by atoms with Crippen molar-refractivity contribution in [1.82, 2.24) is 0 Å². The van der Waals surface area contributed by atoms with Crippen LogP contribution in [0, 0.1) is 47.3 Å². The van der Waals surface area contributed by atoms with Crippen LogP contribution < -0.4 is 10.2 Å². The molecule has 9 aliphatic carbocycles. The van der Waals surface area contributed by atoms with E-state index in [9.17, 15) is 0 Å². The highest BCUT2D eigenvalue weighted by Gasteiger charge is 2.54. The minimum absolute atomic E-state index is 0.576. The van der Waals surface area contributed by atoms with Crippen molar-refractivity contribution in [1.29, 1.82) is 0 Å². The number of benzene rings is 5. The van der Waals surface area contributed by atoms with Gasteiger partial charge in [0.1, 0.15) is 0 Å². The van der Waals surface area contributed by atoms with E-state index in [1.807, 2.05) is 0 Å². The van der Waals surface area contributed by atoms with Crippen molar-refractivity contribution in [3.05, 3.63) is 162 Å². The zero-order valence-electron chi connectivity index (χ0n) is 35.3. The average Bonchev–Trinajstić information content (AvgIpc) is 3.28. The molecular weight excluding hydrogens is 727 g/mol. The molecule has 0 atom stereocenters. The van der Waals surface area contributed by atoms with Crippen LogP contribution in [0.5, 0.6) is 0 Å². The molecule has 0 unspecified atom stereocenters. The number of fused-ring (bicyclic) bond motifs is 1. The van der Waals surface area contributed by atoms with Crippen LogP contribution in [0.2, 0.25) is 0 Å². The van der Waals surface area contributed by atoms with Crippen LogP contribution in [0.3, 0.4) is 0 Å². The number of hydrogen-bond acceptors (Lipinski definition) is 2. The molecule has 3 heteroatoms. The van der Waals surface area contributed by atoms with Gasteiger partial charge >= 0.3 is 0 Å². The summed E-state index contributed by atoms with van der Waals surface area (Å²) in [4.78, 5) is 2.76. The van der Waals surface area contributed by atoms with E-state index in [4.69, 9.17) is 0 Å². The summed E-state index contributed by atoms with van der Waals surface area (Å²) < 4.78 is 2.76. The first-order valence-electron chi connectivity index (χ1n) is 23.7. The summed E-state index contributed by atoms with van der Waals surface area (Å²) in [6, 6.07) is 47.2. The summed E-state index contributed by atoms with van der Waals surface area (Å²) in [7, 11) is 0. The maximum Gasteiger partial charge on any atom is 0.205 e. The van der Waals surface area contributed by atoms with Crippen LogP contribution in [-0.2, 0) is 0 Å². The number of hydrogen-bond donors (Lipinski definition) is 1. The lowest BCUT2D eigenvalue weighted by atomic mass is 9.53. The zero-order valence-corrected chi connectivity index (χ0v) is 35.3. The largest absolute Gasteiger partial charge is 0.385 e. The molecule has 0 saturated heterocycles. The van der Waals surface area contributed by atoms with Gasteiger partial charge in [-0.2, -0.15) is 4.58 Å². The van der Waals surface area contributed by atoms with Gasteiger partial charge in [-0.25, -0.2) is 0 Å². The van der Waals surface area contributed by atoms with Crippen LogP contribution in [0.25, 0.3) is 16.3 Å². The van der Waals surface area contributed by atoms with Crippen LogP contribution in [0.15, 0.2) is 151 Å². The Hall–Kier alpha value is -5.15. The summed E-state index contributed by atoms with van der Waals surface area (Å²) in [5, 5.41) is 6.22. The minimum Gasteiger partial charge on any atom is -0.385 e. The summed E-state index contributed by atoms with van der Waals surface area (Å²) in [5.41, 5.74) is 11.7. The van der Waals surface area contributed by atoms with Crippen molar-refractivity contribution in [2.45, 2.75) is 83.2 Å². The SMILES string of the molecule is CCNc1ccc(C(=C2C=CC(=[N+](c3ccccc3)C3C4CC5CC(C4)CC3C5)C=C2)c2ccc(N(c3ccccc3)C3C4CC5CC(C4)CC3C5)cc2)c2ccccc12. The van der Waals surface area contributed by atoms with Crippen LogP contribution >= 0.6 is 0 Å². The van der Waals surface area contributed by atoms with Gasteiger partial charge in [-0.1, -0.05) is 78.9 Å². The first-order valence-corrected chi connectivity index (χ1v) is 23.7. The Morgan fingerprint density at radius 2 is 1.07 bits per heavy atom. The van der Waals surface area contributed by atoms with E-state index in [1.165, 1.54) is 126 Å². The molecule has 0 amide bonds. The summed E-state index contributed by atoms with van der Waals surface area (Å²) in [6.07, 6.45) is 24.0. The predicted octanol–water partition coefficient (Wildman–Crippen LogP) is 13.8. The zero-order chi connectivity index (χ0) is 39.7. The lowest BCUT2D eigenvalue weighted by molar-refractivity contribution is -0.518. The third kappa shape index (κ3) is 6.33. The molecule has 60 heavy (non-hydrogen) atoms. The topological polar surface area (TPSA) is 18.3 Å². The molecule has 0 spiro atoms. The molecule has 8 fully saturated rings. The fourth-order valence-corrected chi connectivity index (χ4v) is 14.7. The van der Waals surface area contributed by atoms with Crippen LogP contribution in [-0.4, -0.2) is 28.9 Å². The number of anilines is 3. The number of allylic oxidation sites excluding steroid dienone is 5. The van der Waals surface area contributed by atoms with Crippen molar-refractivity contribution in [3.63, 3.8) is 0 Å². The van der Waals surface area contributed by atoms with E-state index < -0.39 is 0 Å². The minimum atomic E-state index is 0.576. The third-order valence-corrected chi connectivity index (χ3v) is 16.4. The molecule has 0 heterocycles. The Balaban J connectivity index is 0.981. The molecule has 5 aromatic rings. The first kappa shape index (κ1) is 36.7. The second-order valence-corrected chi connectivity index (χ2v) is 20.0. The lowest BCUT2D eigenvalue weighted by Gasteiger charge is -2.57. The van der Waals surface area contributed by atoms with E-state index >= 15 is 0 Å². The lowest BCUT2D eigenvalue weighted by Crippen LogP contribution is -2.54. The summed E-state index contributed by atoms with van der Waals surface area (Å²) in [5.74, 6) is 6.97. The van der Waals surface area contributed by atoms with Gasteiger partial charge in [-0.15, -0.1) is 0 Å². The number of nitrogens with zero attached hydrogens (tertiary/aromatic N) is 2. The van der Waals surface area contributed by atoms with Gasteiger partial charge in [0, 0.05) is 71.2 Å². The molecule has 0 aliphatic heterocycles. The van der Waals surface area contributed by atoms with E-state index in [0.29, 0.717) is 12.1 Å². The van der Waals surface area contributed by atoms with Crippen molar-refractivity contribution in [2.24, 2.45) is 47.3 Å². The fraction of sp³-hybridized carbons (Fsp3) is 0.386. The van der Waals surface area contributed by atoms with E-state index in [0.717, 1.165) is 53.9 Å².